The van der Waals surface area contributed by atoms with Crippen molar-refractivity contribution < 1.29 is 4.79 Å². The van der Waals surface area contributed by atoms with Crippen LogP contribution in [0.3, 0.4) is 0 Å². The molecular formula is C15H17BrClNO. The molecule has 1 aliphatic carbocycles. The summed E-state index contributed by atoms with van der Waals surface area (Å²) < 4.78 is 0.789. The minimum Gasteiger partial charge on any atom is -0.338 e. The molecular weight excluding hydrogens is 326 g/mol. The quantitative estimate of drug-likeness (QED) is 0.742. The minimum atomic E-state index is 0.147. The standard InChI is InChI=1S/C15H17BrClNO/c16-13-7-12(4-5-14(13)17)15(19)18-8-10-2-1-3-11(6-10)9-18/h4-5,7,10-11H,1-3,6,8-9H2. The third-order valence-corrected chi connectivity index (χ3v) is 5.52. The molecule has 0 spiro atoms. The van der Waals surface area contributed by atoms with E-state index in [9.17, 15) is 4.79 Å². The summed E-state index contributed by atoms with van der Waals surface area (Å²) in [6.45, 7) is 1.85. The topological polar surface area (TPSA) is 20.3 Å². The number of nitrogens with zero attached hydrogens (tertiary/aromatic N) is 1. The molecule has 2 bridgehead atoms. The maximum atomic E-state index is 12.6. The number of benzene rings is 1. The van der Waals surface area contributed by atoms with Crippen LogP contribution in [0.25, 0.3) is 0 Å². The Bertz CT molecular complexity index is 493. The fraction of sp³-hybridized carbons (Fsp3) is 0.533. The lowest BCUT2D eigenvalue weighted by Crippen LogP contribution is -2.45. The van der Waals surface area contributed by atoms with Gasteiger partial charge in [-0.15, -0.1) is 0 Å². The van der Waals surface area contributed by atoms with Crippen molar-refractivity contribution in [3.05, 3.63) is 33.3 Å². The number of hydrogen-bond donors (Lipinski definition) is 0. The number of likely N-dealkylation sites (tertiary alicyclic amines) is 1. The highest BCUT2D eigenvalue weighted by atomic mass is 79.9. The molecule has 1 aliphatic heterocycles. The molecule has 4 heteroatoms. The molecule has 1 amide bonds. The van der Waals surface area contributed by atoms with Crippen LogP contribution in [-0.2, 0) is 0 Å². The van der Waals surface area contributed by atoms with Crippen molar-refractivity contribution in [2.24, 2.45) is 11.8 Å². The molecule has 2 unspecified atom stereocenters. The Morgan fingerprint density at radius 3 is 2.58 bits per heavy atom. The molecule has 102 valence electrons. The molecule has 1 aromatic carbocycles. The highest BCUT2D eigenvalue weighted by Gasteiger charge is 2.32. The normalized spacial score (nSPS) is 26.3. The second-order valence-corrected chi connectivity index (χ2v) is 7.00. The van der Waals surface area contributed by atoms with Crippen molar-refractivity contribution in [2.75, 3.05) is 13.1 Å². The van der Waals surface area contributed by atoms with Gasteiger partial charge >= 0.3 is 0 Å². The molecule has 3 rings (SSSR count). The predicted octanol–water partition coefficient (Wildman–Crippen LogP) is 4.36. The molecule has 2 nitrogen and oxygen atoms in total. The zero-order chi connectivity index (χ0) is 13.4. The highest BCUT2D eigenvalue weighted by Crippen LogP contribution is 2.35. The summed E-state index contributed by atoms with van der Waals surface area (Å²) in [4.78, 5) is 14.6. The zero-order valence-electron chi connectivity index (χ0n) is 10.7. The number of fused-ring (bicyclic) bond motifs is 2. The summed E-state index contributed by atoms with van der Waals surface area (Å²) in [7, 11) is 0. The molecule has 2 atom stereocenters. The van der Waals surface area contributed by atoms with Gasteiger partial charge in [0.05, 0.1) is 5.02 Å². The summed E-state index contributed by atoms with van der Waals surface area (Å²) in [5.74, 6) is 1.58. The number of rotatable bonds is 1. The average Bonchev–Trinajstić information content (AvgIpc) is 2.40. The monoisotopic (exact) mass is 341 g/mol. The Hall–Kier alpha value is -0.540. The van der Waals surface area contributed by atoms with Crippen LogP contribution in [0.2, 0.25) is 5.02 Å². The van der Waals surface area contributed by atoms with Gasteiger partial charge in [-0.3, -0.25) is 4.79 Å². The maximum absolute atomic E-state index is 12.6. The van der Waals surface area contributed by atoms with E-state index in [0.717, 1.165) is 23.1 Å². The molecule has 2 aliphatic rings. The van der Waals surface area contributed by atoms with Gasteiger partial charge in [0, 0.05) is 23.1 Å². The zero-order valence-corrected chi connectivity index (χ0v) is 13.1. The minimum absolute atomic E-state index is 0.147. The van der Waals surface area contributed by atoms with Gasteiger partial charge in [0.2, 0.25) is 0 Å². The first-order chi connectivity index (χ1) is 9.13. The molecule has 0 radical (unpaired) electrons. The SMILES string of the molecule is O=C(c1ccc(Cl)c(Br)c1)N1CC2CCCC(C2)C1. The van der Waals surface area contributed by atoms with Gasteiger partial charge in [0.15, 0.2) is 0 Å². The van der Waals surface area contributed by atoms with E-state index in [1.807, 2.05) is 17.0 Å². The molecule has 1 saturated heterocycles. The average molecular weight is 343 g/mol. The number of amides is 1. The van der Waals surface area contributed by atoms with E-state index in [0.29, 0.717) is 16.9 Å². The van der Waals surface area contributed by atoms with Gasteiger partial charge in [-0.1, -0.05) is 18.0 Å². The van der Waals surface area contributed by atoms with Crippen LogP contribution in [0.15, 0.2) is 22.7 Å². The first-order valence-corrected chi connectivity index (χ1v) is 8.05. The van der Waals surface area contributed by atoms with E-state index in [1.54, 1.807) is 6.07 Å². The lowest BCUT2D eigenvalue weighted by Gasteiger charge is -2.41. The maximum Gasteiger partial charge on any atom is 0.253 e. The van der Waals surface area contributed by atoms with Crippen LogP contribution in [0.4, 0.5) is 0 Å². The van der Waals surface area contributed by atoms with Gasteiger partial charge in [0.1, 0.15) is 0 Å². The van der Waals surface area contributed by atoms with Crippen molar-refractivity contribution in [3.63, 3.8) is 0 Å². The molecule has 1 saturated carbocycles. The largest absolute Gasteiger partial charge is 0.338 e. The molecule has 1 aromatic rings. The van der Waals surface area contributed by atoms with Gasteiger partial charge in [-0.05, 0) is 65.2 Å². The third kappa shape index (κ3) is 2.82. The molecule has 0 aromatic heterocycles. The predicted molar refractivity (Wildman–Crippen MR) is 80.5 cm³/mol. The van der Waals surface area contributed by atoms with E-state index < -0.39 is 0 Å². The molecule has 0 N–H and O–H groups in total. The smallest absolute Gasteiger partial charge is 0.253 e. The van der Waals surface area contributed by atoms with Gasteiger partial charge < -0.3 is 4.90 Å². The van der Waals surface area contributed by atoms with E-state index in [4.69, 9.17) is 11.6 Å². The van der Waals surface area contributed by atoms with E-state index in [1.165, 1.54) is 25.7 Å². The Labute approximate surface area is 127 Å². The first-order valence-electron chi connectivity index (χ1n) is 6.88. The van der Waals surface area contributed by atoms with Crippen LogP contribution < -0.4 is 0 Å². The van der Waals surface area contributed by atoms with Crippen molar-refractivity contribution in [1.29, 1.82) is 0 Å². The number of carbonyl (C=O) groups excluding carboxylic acids is 1. The van der Waals surface area contributed by atoms with Crippen molar-refractivity contribution in [1.82, 2.24) is 4.90 Å². The van der Waals surface area contributed by atoms with Crippen molar-refractivity contribution in [2.45, 2.75) is 25.7 Å². The van der Waals surface area contributed by atoms with Gasteiger partial charge in [0.25, 0.3) is 5.91 Å². The second-order valence-electron chi connectivity index (χ2n) is 5.74. The lowest BCUT2D eigenvalue weighted by atomic mass is 9.78. The van der Waals surface area contributed by atoms with Crippen LogP contribution in [0.1, 0.15) is 36.0 Å². The van der Waals surface area contributed by atoms with Gasteiger partial charge in [-0.25, -0.2) is 0 Å². The van der Waals surface area contributed by atoms with E-state index in [-0.39, 0.29) is 5.91 Å². The van der Waals surface area contributed by atoms with Gasteiger partial charge in [-0.2, -0.15) is 0 Å². The van der Waals surface area contributed by atoms with E-state index in [2.05, 4.69) is 15.9 Å². The molecule has 19 heavy (non-hydrogen) atoms. The summed E-state index contributed by atoms with van der Waals surface area (Å²) >= 11 is 9.36. The number of carbonyl (C=O) groups is 1. The van der Waals surface area contributed by atoms with E-state index >= 15 is 0 Å². The third-order valence-electron chi connectivity index (χ3n) is 4.30. The molecule has 2 fully saturated rings. The summed E-state index contributed by atoms with van der Waals surface area (Å²) in [6, 6.07) is 5.43. The van der Waals surface area contributed by atoms with Crippen molar-refractivity contribution in [3.8, 4) is 0 Å². The number of hydrogen-bond acceptors (Lipinski definition) is 1. The fourth-order valence-electron chi connectivity index (χ4n) is 3.41. The van der Waals surface area contributed by atoms with Crippen LogP contribution in [0.5, 0.6) is 0 Å². The Morgan fingerprint density at radius 1 is 1.26 bits per heavy atom. The van der Waals surface area contributed by atoms with Crippen molar-refractivity contribution >= 4 is 33.4 Å². The Morgan fingerprint density at radius 2 is 1.95 bits per heavy atom. The highest BCUT2D eigenvalue weighted by molar-refractivity contribution is 9.10. The summed E-state index contributed by atoms with van der Waals surface area (Å²) in [5.41, 5.74) is 0.733. The fourth-order valence-corrected chi connectivity index (χ4v) is 3.91. The summed E-state index contributed by atoms with van der Waals surface area (Å²) in [5, 5.41) is 0.645. The Balaban J connectivity index is 1.78. The number of piperidine rings is 1. The first kappa shape index (κ1) is 13.4. The lowest BCUT2D eigenvalue weighted by molar-refractivity contribution is 0.0504. The van der Waals surface area contributed by atoms with Crippen LogP contribution in [0, 0.1) is 11.8 Å². The Kier molecular flexibility index (Phi) is 3.86. The summed E-state index contributed by atoms with van der Waals surface area (Å²) in [6.07, 6.45) is 5.22. The van der Waals surface area contributed by atoms with Crippen LogP contribution in [-0.4, -0.2) is 23.9 Å². The van der Waals surface area contributed by atoms with Crippen LogP contribution >= 0.6 is 27.5 Å². The molecule has 1 heterocycles. The second kappa shape index (κ2) is 5.45. The number of halogens is 2.